The number of rotatable bonds is 17. The number of piperidine rings is 2. The lowest BCUT2D eigenvalue weighted by molar-refractivity contribution is -0.134. The summed E-state index contributed by atoms with van der Waals surface area (Å²) in [5, 5.41) is 13.0. The Morgan fingerprint density at radius 1 is 0.940 bits per heavy atom. The number of amides is 4. The van der Waals surface area contributed by atoms with Crippen molar-refractivity contribution >= 4 is 80.2 Å². The third kappa shape index (κ3) is 12.2. The summed E-state index contributed by atoms with van der Waals surface area (Å²) in [5.74, 6) is 2.88. The second kappa shape index (κ2) is 21.6. The number of aromatic nitrogens is 5. The maximum absolute atomic E-state index is 13.2. The zero-order chi connectivity index (χ0) is 47.8. The Kier molecular flexibility index (Phi) is 15.7. The normalized spacial score (nSPS) is 14.8. The Morgan fingerprint density at radius 3 is 2.37 bits per heavy atom. The van der Waals surface area contributed by atoms with Crippen LogP contribution in [0, 0.1) is 18.8 Å². The summed E-state index contributed by atoms with van der Waals surface area (Å²) in [5.41, 5.74) is 1.52. The van der Waals surface area contributed by atoms with Crippen LogP contribution < -0.4 is 41.2 Å². The highest BCUT2D eigenvalue weighted by Crippen LogP contribution is 2.34. The van der Waals surface area contributed by atoms with Crippen LogP contribution in [0.5, 0.6) is 11.5 Å². The van der Waals surface area contributed by atoms with Crippen molar-refractivity contribution in [2.24, 2.45) is 18.9 Å². The Balaban J connectivity index is 0.817. The second-order valence-corrected chi connectivity index (χ2v) is 20.0. The summed E-state index contributed by atoms with van der Waals surface area (Å²) in [6, 6.07) is 5.22. The van der Waals surface area contributed by atoms with Crippen LogP contribution in [0.15, 0.2) is 50.2 Å². The molecule has 21 heteroatoms. The molecule has 358 valence electrons. The van der Waals surface area contributed by atoms with Gasteiger partial charge in [0.05, 0.1) is 35.0 Å². The van der Waals surface area contributed by atoms with Crippen LogP contribution in [0.25, 0.3) is 10.9 Å². The van der Waals surface area contributed by atoms with Crippen LogP contribution in [0.1, 0.15) is 76.5 Å². The number of likely N-dealkylation sites (tertiary alicyclic amines) is 1. The van der Waals surface area contributed by atoms with Gasteiger partial charge in [-0.2, -0.15) is 4.98 Å². The lowest BCUT2D eigenvalue weighted by atomic mass is 9.94. The molecule has 19 nitrogen and oxygen atoms in total. The Hall–Kier alpha value is -6.22. The van der Waals surface area contributed by atoms with Crippen molar-refractivity contribution in [1.29, 1.82) is 0 Å². The number of pyridine rings is 1. The molecule has 5 aromatic rings. The topological polar surface area (TPSA) is 228 Å². The van der Waals surface area contributed by atoms with Gasteiger partial charge >= 0.3 is 0 Å². The molecule has 0 atom stereocenters. The first-order valence-electron chi connectivity index (χ1n) is 22.4. The average Bonchev–Trinajstić information content (AvgIpc) is 4.01. The minimum atomic E-state index is -0.401. The molecule has 7 rings (SSSR count). The van der Waals surface area contributed by atoms with Crippen LogP contribution >= 0.6 is 23.1 Å². The van der Waals surface area contributed by atoms with Crippen LogP contribution in [-0.4, -0.2) is 107 Å². The molecule has 6 heterocycles. The number of thiazole rings is 1. The number of likely N-dealkylation sites (N-methyl/N-ethyl adjacent to an activating group) is 1. The van der Waals surface area contributed by atoms with Gasteiger partial charge in [-0.25, -0.2) is 15.0 Å². The zero-order valence-corrected chi connectivity index (χ0v) is 40.7. The van der Waals surface area contributed by atoms with Gasteiger partial charge in [0.15, 0.2) is 17.5 Å². The van der Waals surface area contributed by atoms with Gasteiger partial charge in [0.2, 0.25) is 29.6 Å². The molecule has 0 spiro atoms. The second-order valence-electron chi connectivity index (χ2n) is 17.7. The number of carbonyl (C=O) groups excluding carboxylic acids is 4. The van der Waals surface area contributed by atoms with E-state index < -0.39 is 5.56 Å². The summed E-state index contributed by atoms with van der Waals surface area (Å²) in [7, 11) is 4.64. The zero-order valence-electron chi connectivity index (χ0n) is 39.0. The number of aryl methyl sites for hydroxylation is 2. The third-order valence-corrected chi connectivity index (χ3v) is 14.0. The quantitative estimate of drug-likeness (QED) is 0.0663. The molecule has 0 saturated carbocycles. The van der Waals surface area contributed by atoms with E-state index in [-0.39, 0.29) is 53.2 Å². The fourth-order valence-corrected chi connectivity index (χ4v) is 9.63. The minimum Gasteiger partial charge on any atom is -0.494 e. The summed E-state index contributed by atoms with van der Waals surface area (Å²) >= 11 is 2.98. The standard InChI is InChI=1S/C46H59N11O8S2/c1-27-22-50-44(53-40(27)52-31-19-30-20-33(64-25-35(58)47-5)43(62)55(6)39(30)32(21-31)63-7)57-17-12-28(13-18-57)41(60)48-14-8-9-37(59)56-15-10-29(11-16-56)42(61)54-45-51-24-38(67-45)66-26-36-49-23-34(65-36)46(2,3)4/h19-24,28-29H,8-18,25-26H2,1-7H3,(H,47,58)(H,48,60)(H,50,52,53)(H,51,54,61). The fraction of sp³-hybridized carbons (Fsp3) is 0.500. The number of nitrogens with one attached hydrogen (secondary N) is 4. The smallest absolute Gasteiger partial charge is 0.293 e. The van der Waals surface area contributed by atoms with Gasteiger partial charge in [0, 0.05) is 99.4 Å². The highest BCUT2D eigenvalue weighted by atomic mass is 32.2. The van der Waals surface area contributed by atoms with Gasteiger partial charge in [0.1, 0.15) is 17.3 Å². The molecule has 0 bridgehead atoms. The van der Waals surface area contributed by atoms with Crippen LogP contribution in [0.4, 0.5) is 22.6 Å². The first-order chi connectivity index (χ1) is 32.1. The van der Waals surface area contributed by atoms with Crippen molar-refractivity contribution in [3.63, 3.8) is 0 Å². The van der Waals surface area contributed by atoms with Gasteiger partial charge in [-0.05, 0) is 51.2 Å². The summed E-state index contributed by atoms with van der Waals surface area (Å²) in [6.07, 6.45) is 8.53. The summed E-state index contributed by atoms with van der Waals surface area (Å²) in [6.45, 7) is 10.5. The monoisotopic (exact) mass is 957 g/mol. The Bertz CT molecular complexity index is 2640. The number of benzene rings is 1. The van der Waals surface area contributed by atoms with Crippen molar-refractivity contribution in [1.82, 2.24) is 40.0 Å². The number of fused-ring (bicyclic) bond motifs is 1. The van der Waals surface area contributed by atoms with Gasteiger partial charge in [-0.3, -0.25) is 24.0 Å². The number of carbonyl (C=O) groups is 4. The number of hydrogen-bond acceptors (Lipinski definition) is 16. The predicted molar refractivity (Wildman–Crippen MR) is 257 cm³/mol. The maximum Gasteiger partial charge on any atom is 0.293 e. The number of oxazole rings is 1. The number of ether oxygens (including phenoxy) is 2. The molecule has 4 N–H and O–H groups in total. The van der Waals surface area contributed by atoms with Crippen molar-refractivity contribution < 1.29 is 33.1 Å². The Morgan fingerprint density at radius 2 is 1.67 bits per heavy atom. The van der Waals surface area contributed by atoms with Gasteiger partial charge in [0.25, 0.3) is 11.5 Å². The molecular formula is C46H59N11O8S2. The predicted octanol–water partition coefficient (Wildman–Crippen LogP) is 5.54. The fourth-order valence-electron chi connectivity index (χ4n) is 7.90. The molecular weight excluding hydrogens is 899 g/mol. The molecule has 0 radical (unpaired) electrons. The van der Waals surface area contributed by atoms with E-state index in [0.717, 1.165) is 15.5 Å². The molecule has 4 amide bonds. The largest absolute Gasteiger partial charge is 0.494 e. The van der Waals surface area contributed by atoms with Crippen molar-refractivity contribution in [2.45, 2.75) is 81.6 Å². The van der Waals surface area contributed by atoms with Crippen molar-refractivity contribution in [3.8, 4) is 11.5 Å². The highest BCUT2D eigenvalue weighted by molar-refractivity contribution is 8.00. The van der Waals surface area contributed by atoms with E-state index in [1.165, 1.54) is 30.1 Å². The van der Waals surface area contributed by atoms with E-state index >= 15 is 0 Å². The molecule has 4 aromatic heterocycles. The van der Waals surface area contributed by atoms with Crippen molar-refractivity contribution in [3.05, 3.63) is 64.4 Å². The maximum atomic E-state index is 13.2. The van der Waals surface area contributed by atoms with E-state index in [0.29, 0.717) is 122 Å². The average molecular weight is 958 g/mol. The van der Waals surface area contributed by atoms with E-state index in [9.17, 15) is 24.0 Å². The number of anilines is 4. The van der Waals surface area contributed by atoms with Crippen LogP contribution in [0.2, 0.25) is 0 Å². The molecule has 2 aliphatic heterocycles. The van der Waals surface area contributed by atoms with Crippen LogP contribution in [-0.2, 0) is 37.4 Å². The van der Waals surface area contributed by atoms with E-state index in [1.54, 1.807) is 49.5 Å². The highest BCUT2D eigenvalue weighted by Gasteiger charge is 2.29. The SMILES string of the molecule is CNC(=O)COc1cc2cc(Nc3nc(N4CCC(C(=O)NCCCC(=O)N5CCC(C(=O)Nc6ncc(SCc7ncc(C(C)(C)C)o7)s6)CC5)CC4)ncc3C)cc(OC)c2n(C)c1=O. The van der Waals surface area contributed by atoms with Crippen molar-refractivity contribution in [2.75, 3.05) is 69.0 Å². The van der Waals surface area contributed by atoms with Crippen LogP contribution in [0.3, 0.4) is 0 Å². The molecule has 2 fully saturated rings. The number of nitrogens with zero attached hydrogens (tertiary/aromatic N) is 7. The number of hydrogen-bond donors (Lipinski definition) is 4. The molecule has 1 aromatic carbocycles. The first-order valence-corrected chi connectivity index (χ1v) is 24.2. The summed E-state index contributed by atoms with van der Waals surface area (Å²) in [4.78, 5) is 86.2. The number of thioether (sulfide) groups is 1. The first kappa shape index (κ1) is 48.7. The minimum absolute atomic E-state index is 0.0220. The molecule has 0 unspecified atom stereocenters. The van der Waals surface area contributed by atoms with E-state index in [2.05, 4.69) is 61.9 Å². The van der Waals surface area contributed by atoms with E-state index in [4.69, 9.17) is 18.9 Å². The number of methoxy groups -OCH3 is 1. The lowest BCUT2D eigenvalue weighted by Gasteiger charge is -2.32. The molecule has 2 aliphatic rings. The van der Waals surface area contributed by atoms with Gasteiger partial charge in [-0.1, -0.05) is 32.1 Å². The third-order valence-electron chi connectivity index (χ3n) is 11.9. The molecule has 67 heavy (non-hydrogen) atoms. The van der Waals surface area contributed by atoms with E-state index in [1.807, 2.05) is 17.9 Å². The Labute approximate surface area is 397 Å². The molecule has 0 aliphatic carbocycles. The molecule has 2 saturated heterocycles. The summed E-state index contributed by atoms with van der Waals surface area (Å²) < 4.78 is 19.5. The van der Waals surface area contributed by atoms with Gasteiger partial charge in [-0.15, -0.1) is 11.8 Å². The lowest BCUT2D eigenvalue weighted by Crippen LogP contribution is -2.42. The van der Waals surface area contributed by atoms with Gasteiger partial charge < -0.3 is 49.5 Å².